The molecule has 0 aliphatic rings. The first-order valence-electron chi connectivity index (χ1n) is 6.92. The summed E-state index contributed by atoms with van der Waals surface area (Å²) < 4.78 is 0. The molecule has 7 heteroatoms. The molecule has 1 heterocycles. The van der Waals surface area contributed by atoms with Crippen LogP contribution in [0.15, 0.2) is 30.3 Å². The number of urea groups is 1. The van der Waals surface area contributed by atoms with Crippen LogP contribution in [0.4, 0.5) is 22.2 Å². The molecule has 0 saturated carbocycles. The van der Waals surface area contributed by atoms with Gasteiger partial charge in [0.15, 0.2) is 0 Å². The standard InChI is InChI=1S/C15H19N5O2/c1-10-3-5-12(6-4-10)18-15(22)20-14-17-11(2)9-13(19-14)16-7-8-21/h3-6,9,21H,7-8H2,1-2H3,(H3,16,17,18,19,20,22). The average Bonchev–Trinajstić information content (AvgIpc) is 2.47. The molecule has 2 rings (SSSR count). The predicted molar refractivity (Wildman–Crippen MR) is 86.2 cm³/mol. The molecule has 0 fully saturated rings. The van der Waals surface area contributed by atoms with E-state index in [0.29, 0.717) is 23.7 Å². The van der Waals surface area contributed by atoms with Crippen molar-refractivity contribution in [2.75, 3.05) is 29.1 Å². The SMILES string of the molecule is Cc1ccc(NC(=O)Nc2nc(C)cc(NCCO)n2)cc1. The molecule has 1 aromatic carbocycles. The van der Waals surface area contributed by atoms with Crippen LogP contribution >= 0.6 is 0 Å². The molecular weight excluding hydrogens is 282 g/mol. The number of hydrogen-bond acceptors (Lipinski definition) is 5. The van der Waals surface area contributed by atoms with Gasteiger partial charge < -0.3 is 15.7 Å². The molecule has 0 bridgehead atoms. The average molecular weight is 301 g/mol. The van der Waals surface area contributed by atoms with E-state index in [1.165, 1.54) is 0 Å². The molecular formula is C15H19N5O2. The number of aliphatic hydroxyl groups excluding tert-OH is 1. The quantitative estimate of drug-likeness (QED) is 0.678. The van der Waals surface area contributed by atoms with E-state index in [0.717, 1.165) is 5.56 Å². The first-order chi connectivity index (χ1) is 10.6. The van der Waals surface area contributed by atoms with E-state index in [1.54, 1.807) is 13.0 Å². The first kappa shape index (κ1) is 15.7. The van der Waals surface area contributed by atoms with Gasteiger partial charge in [0.2, 0.25) is 5.95 Å². The lowest BCUT2D eigenvalue weighted by atomic mass is 10.2. The summed E-state index contributed by atoms with van der Waals surface area (Å²) in [5.74, 6) is 0.747. The number of carbonyl (C=O) groups is 1. The smallest absolute Gasteiger partial charge is 0.326 e. The number of aromatic nitrogens is 2. The van der Waals surface area contributed by atoms with Crippen LogP contribution in [0, 0.1) is 13.8 Å². The third-order valence-corrected chi connectivity index (χ3v) is 2.81. The van der Waals surface area contributed by atoms with Crippen LogP contribution in [0.5, 0.6) is 0 Å². The van der Waals surface area contributed by atoms with Crippen LogP contribution in [-0.4, -0.2) is 34.3 Å². The van der Waals surface area contributed by atoms with Gasteiger partial charge in [-0.15, -0.1) is 0 Å². The Balaban J connectivity index is 2.01. The van der Waals surface area contributed by atoms with Crippen molar-refractivity contribution < 1.29 is 9.90 Å². The number of benzene rings is 1. The summed E-state index contributed by atoms with van der Waals surface area (Å²) in [6.07, 6.45) is 0. The number of nitrogens with one attached hydrogen (secondary N) is 3. The van der Waals surface area contributed by atoms with Gasteiger partial charge in [0.05, 0.1) is 6.61 Å². The van der Waals surface area contributed by atoms with Crippen molar-refractivity contribution in [1.82, 2.24) is 9.97 Å². The predicted octanol–water partition coefficient (Wildman–Crippen LogP) is 2.14. The highest BCUT2D eigenvalue weighted by molar-refractivity contribution is 5.98. The fourth-order valence-corrected chi connectivity index (χ4v) is 1.80. The molecule has 0 spiro atoms. The van der Waals surface area contributed by atoms with Gasteiger partial charge in [-0.1, -0.05) is 17.7 Å². The number of aryl methyl sites for hydroxylation is 2. The van der Waals surface area contributed by atoms with Crippen molar-refractivity contribution in [3.05, 3.63) is 41.6 Å². The molecule has 0 unspecified atom stereocenters. The summed E-state index contributed by atoms with van der Waals surface area (Å²) in [5, 5.41) is 17.0. The lowest BCUT2D eigenvalue weighted by Gasteiger charge is -2.09. The number of hydrogen-bond donors (Lipinski definition) is 4. The van der Waals surface area contributed by atoms with Gasteiger partial charge in [-0.25, -0.2) is 9.78 Å². The van der Waals surface area contributed by atoms with Gasteiger partial charge in [-0.2, -0.15) is 4.98 Å². The molecule has 1 aromatic heterocycles. The molecule has 116 valence electrons. The number of anilines is 3. The Hall–Kier alpha value is -2.67. The van der Waals surface area contributed by atoms with Gasteiger partial charge >= 0.3 is 6.03 Å². The van der Waals surface area contributed by atoms with Crippen molar-refractivity contribution in [2.45, 2.75) is 13.8 Å². The van der Waals surface area contributed by atoms with Crippen molar-refractivity contribution >= 4 is 23.5 Å². The Morgan fingerprint density at radius 1 is 1.14 bits per heavy atom. The van der Waals surface area contributed by atoms with Crippen molar-refractivity contribution in [3.63, 3.8) is 0 Å². The van der Waals surface area contributed by atoms with Gasteiger partial charge in [-0.3, -0.25) is 5.32 Å². The fourth-order valence-electron chi connectivity index (χ4n) is 1.80. The van der Waals surface area contributed by atoms with Gasteiger partial charge in [0, 0.05) is 24.0 Å². The Labute approximate surface area is 128 Å². The van der Waals surface area contributed by atoms with E-state index in [9.17, 15) is 4.79 Å². The second kappa shape index (κ2) is 7.37. The van der Waals surface area contributed by atoms with Crippen LogP contribution in [0.25, 0.3) is 0 Å². The van der Waals surface area contributed by atoms with E-state index in [1.807, 2.05) is 31.2 Å². The van der Waals surface area contributed by atoms with Gasteiger partial charge in [0.25, 0.3) is 0 Å². The molecule has 7 nitrogen and oxygen atoms in total. The third-order valence-electron chi connectivity index (χ3n) is 2.81. The zero-order valence-corrected chi connectivity index (χ0v) is 12.6. The summed E-state index contributed by atoms with van der Waals surface area (Å²) in [6, 6.07) is 8.78. The van der Waals surface area contributed by atoms with Crippen LogP contribution < -0.4 is 16.0 Å². The molecule has 0 aliphatic carbocycles. The molecule has 2 aromatic rings. The van der Waals surface area contributed by atoms with Crippen molar-refractivity contribution in [1.29, 1.82) is 0 Å². The minimum atomic E-state index is -0.414. The molecule has 4 N–H and O–H groups in total. The van der Waals surface area contributed by atoms with Crippen LogP contribution in [0.2, 0.25) is 0 Å². The Morgan fingerprint density at radius 2 is 1.86 bits per heavy atom. The summed E-state index contributed by atoms with van der Waals surface area (Å²) >= 11 is 0. The summed E-state index contributed by atoms with van der Waals surface area (Å²) in [7, 11) is 0. The molecule has 0 saturated heterocycles. The fraction of sp³-hybridized carbons (Fsp3) is 0.267. The maximum absolute atomic E-state index is 11.9. The monoisotopic (exact) mass is 301 g/mol. The normalized spacial score (nSPS) is 10.1. The molecule has 0 atom stereocenters. The molecule has 22 heavy (non-hydrogen) atoms. The highest BCUT2D eigenvalue weighted by Gasteiger charge is 2.07. The molecule has 2 amide bonds. The van der Waals surface area contributed by atoms with Crippen LogP contribution in [0.1, 0.15) is 11.3 Å². The maximum Gasteiger partial charge on any atom is 0.326 e. The van der Waals surface area contributed by atoms with E-state index in [-0.39, 0.29) is 12.6 Å². The van der Waals surface area contributed by atoms with E-state index >= 15 is 0 Å². The zero-order chi connectivity index (χ0) is 15.9. The highest BCUT2D eigenvalue weighted by Crippen LogP contribution is 2.11. The summed E-state index contributed by atoms with van der Waals surface area (Å²) in [6.45, 7) is 4.16. The highest BCUT2D eigenvalue weighted by atomic mass is 16.3. The Morgan fingerprint density at radius 3 is 2.55 bits per heavy atom. The summed E-state index contributed by atoms with van der Waals surface area (Å²) in [4.78, 5) is 20.3. The van der Waals surface area contributed by atoms with Crippen LogP contribution in [-0.2, 0) is 0 Å². The first-order valence-corrected chi connectivity index (χ1v) is 6.92. The number of nitrogens with zero attached hydrogens (tertiary/aromatic N) is 2. The number of carbonyl (C=O) groups excluding carboxylic acids is 1. The minimum Gasteiger partial charge on any atom is -0.395 e. The molecule has 0 aliphatic heterocycles. The van der Waals surface area contributed by atoms with E-state index < -0.39 is 6.03 Å². The van der Waals surface area contributed by atoms with Gasteiger partial charge in [0.1, 0.15) is 5.82 Å². The lowest BCUT2D eigenvalue weighted by molar-refractivity contribution is 0.262. The number of rotatable bonds is 5. The lowest BCUT2D eigenvalue weighted by Crippen LogP contribution is -2.21. The van der Waals surface area contributed by atoms with E-state index in [2.05, 4.69) is 25.9 Å². The Bertz CT molecular complexity index is 643. The topological polar surface area (TPSA) is 99.2 Å². The molecule has 0 radical (unpaired) electrons. The number of aliphatic hydroxyl groups is 1. The largest absolute Gasteiger partial charge is 0.395 e. The van der Waals surface area contributed by atoms with Gasteiger partial charge in [-0.05, 0) is 26.0 Å². The maximum atomic E-state index is 11.9. The minimum absolute atomic E-state index is 0.000275. The van der Waals surface area contributed by atoms with Crippen molar-refractivity contribution in [2.24, 2.45) is 0 Å². The third kappa shape index (κ3) is 4.71. The number of amides is 2. The second-order valence-electron chi connectivity index (χ2n) is 4.81. The summed E-state index contributed by atoms with van der Waals surface area (Å²) in [5.41, 5.74) is 2.52. The Kier molecular flexibility index (Phi) is 5.26. The van der Waals surface area contributed by atoms with E-state index in [4.69, 9.17) is 5.11 Å². The zero-order valence-electron chi connectivity index (χ0n) is 12.6. The second-order valence-corrected chi connectivity index (χ2v) is 4.81. The van der Waals surface area contributed by atoms with Crippen molar-refractivity contribution in [3.8, 4) is 0 Å². The van der Waals surface area contributed by atoms with Crippen LogP contribution in [0.3, 0.4) is 0 Å².